The molecule has 0 saturated carbocycles. The summed E-state index contributed by atoms with van der Waals surface area (Å²) in [6, 6.07) is 0. The molecule has 2 nitrogen and oxygen atoms in total. The van der Waals surface area contributed by atoms with Gasteiger partial charge in [-0.25, -0.2) is 0 Å². The minimum Gasteiger partial charge on any atom is -0.465 e. The van der Waals surface area contributed by atoms with Crippen LogP contribution < -0.4 is 5.73 Å². The van der Waals surface area contributed by atoms with Crippen molar-refractivity contribution in [1.82, 2.24) is 0 Å². The number of rotatable bonds is 7. The molecule has 0 aliphatic carbocycles. The molecule has 0 fully saturated rings. The molecule has 2 N–H and O–H groups in total. The lowest BCUT2D eigenvalue weighted by molar-refractivity contribution is 0.0376. The predicted molar refractivity (Wildman–Crippen MR) is 65.3 cm³/mol. The summed E-state index contributed by atoms with van der Waals surface area (Å²) in [6.45, 7) is 6.47. The van der Waals surface area contributed by atoms with Gasteiger partial charge in [0.05, 0.1) is 0 Å². The topological polar surface area (TPSA) is 35.2 Å². The summed E-state index contributed by atoms with van der Waals surface area (Å²) in [5, 5.41) is 0.185. The van der Waals surface area contributed by atoms with Crippen LogP contribution in [0.15, 0.2) is 0 Å². The highest BCUT2D eigenvalue weighted by molar-refractivity contribution is 7.80. The highest BCUT2D eigenvalue weighted by atomic mass is 32.1. The lowest BCUT2D eigenvalue weighted by Crippen LogP contribution is -2.36. The number of nitrogens with two attached hydrogens (primary N) is 1. The quantitative estimate of drug-likeness (QED) is 0.524. The fourth-order valence-electron chi connectivity index (χ4n) is 1.71. The van der Waals surface area contributed by atoms with E-state index in [9.17, 15) is 0 Å². The average Bonchev–Trinajstić information content (AvgIpc) is 2.16. The van der Waals surface area contributed by atoms with Crippen LogP contribution in [0.5, 0.6) is 0 Å². The van der Waals surface area contributed by atoms with Crippen molar-refractivity contribution in [2.24, 2.45) is 5.73 Å². The van der Waals surface area contributed by atoms with Gasteiger partial charge in [-0.1, -0.05) is 33.6 Å². The molecular formula is C11H23NOS. The Kier molecular flexibility index (Phi) is 6.89. The molecule has 0 atom stereocenters. The minimum absolute atomic E-state index is 0.110. The van der Waals surface area contributed by atoms with Gasteiger partial charge in [-0.2, -0.15) is 0 Å². The molecule has 0 aromatic rings. The zero-order chi connectivity index (χ0) is 11.0. The number of hydrogen-bond donors (Lipinski definition) is 1. The van der Waals surface area contributed by atoms with Crippen LogP contribution in [-0.4, -0.2) is 10.8 Å². The van der Waals surface area contributed by atoms with Crippen molar-refractivity contribution in [3.63, 3.8) is 0 Å². The first-order chi connectivity index (χ1) is 6.60. The van der Waals surface area contributed by atoms with Crippen LogP contribution in [0.1, 0.15) is 59.3 Å². The predicted octanol–water partition coefficient (Wildman–Crippen LogP) is 3.39. The third-order valence-corrected chi connectivity index (χ3v) is 2.93. The zero-order valence-corrected chi connectivity index (χ0v) is 10.5. The highest BCUT2D eigenvalue weighted by Gasteiger charge is 2.27. The van der Waals surface area contributed by atoms with E-state index in [1.807, 2.05) is 0 Å². The van der Waals surface area contributed by atoms with Gasteiger partial charge < -0.3 is 10.5 Å². The van der Waals surface area contributed by atoms with Gasteiger partial charge in [0.25, 0.3) is 5.17 Å². The summed E-state index contributed by atoms with van der Waals surface area (Å²) in [6.07, 6.45) is 6.69. The Balaban J connectivity index is 4.14. The van der Waals surface area contributed by atoms with Gasteiger partial charge in [-0.15, -0.1) is 0 Å². The number of unbranched alkanes of at least 4 members (excludes halogenated alkanes) is 2. The first-order valence-corrected chi connectivity index (χ1v) is 5.99. The van der Waals surface area contributed by atoms with Crippen LogP contribution in [-0.2, 0) is 4.74 Å². The molecule has 0 aromatic carbocycles. The standard InChI is InChI=1S/C11H23NOS/c1-4-7-8-9-11(5-2,6-3)13-10(12)14/h4-9H2,1-3H3,(H2,12,14). The first kappa shape index (κ1) is 13.7. The van der Waals surface area contributed by atoms with Crippen molar-refractivity contribution < 1.29 is 4.74 Å². The molecule has 0 aliphatic rings. The largest absolute Gasteiger partial charge is 0.465 e. The monoisotopic (exact) mass is 217 g/mol. The first-order valence-electron chi connectivity index (χ1n) is 5.58. The lowest BCUT2D eigenvalue weighted by Gasteiger charge is -2.31. The van der Waals surface area contributed by atoms with Crippen LogP contribution in [0.2, 0.25) is 0 Å². The molecule has 0 saturated heterocycles. The summed E-state index contributed by atoms with van der Waals surface area (Å²) in [4.78, 5) is 0. The molecule has 0 amide bonds. The molecule has 0 aliphatic heterocycles. The van der Waals surface area contributed by atoms with Gasteiger partial charge in [0.1, 0.15) is 5.60 Å². The molecule has 0 spiro atoms. The SMILES string of the molecule is CCCCCC(CC)(CC)OC(N)=S. The Morgan fingerprint density at radius 3 is 2.14 bits per heavy atom. The van der Waals surface area contributed by atoms with Crippen molar-refractivity contribution in [2.75, 3.05) is 0 Å². The number of hydrogen-bond acceptors (Lipinski definition) is 2. The van der Waals surface area contributed by atoms with Crippen LogP contribution in [0.4, 0.5) is 0 Å². The van der Waals surface area contributed by atoms with Gasteiger partial charge in [0.15, 0.2) is 0 Å². The maximum atomic E-state index is 5.59. The Labute approximate surface area is 93.2 Å². The highest BCUT2D eigenvalue weighted by Crippen LogP contribution is 2.27. The van der Waals surface area contributed by atoms with Crippen LogP contribution in [0, 0.1) is 0 Å². The van der Waals surface area contributed by atoms with E-state index in [4.69, 9.17) is 22.7 Å². The van der Waals surface area contributed by atoms with Gasteiger partial charge >= 0.3 is 0 Å². The van der Waals surface area contributed by atoms with Crippen LogP contribution in [0.3, 0.4) is 0 Å². The molecule has 0 heterocycles. The minimum atomic E-state index is -0.110. The lowest BCUT2D eigenvalue weighted by atomic mass is 9.90. The Morgan fingerprint density at radius 1 is 1.21 bits per heavy atom. The average molecular weight is 217 g/mol. The number of ether oxygens (including phenoxy) is 1. The van der Waals surface area contributed by atoms with E-state index in [0.29, 0.717) is 0 Å². The fourth-order valence-corrected chi connectivity index (χ4v) is 1.89. The van der Waals surface area contributed by atoms with E-state index in [0.717, 1.165) is 19.3 Å². The van der Waals surface area contributed by atoms with Crippen molar-refractivity contribution in [1.29, 1.82) is 0 Å². The van der Waals surface area contributed by atoms with E-state index >= 15 is 0 Å². The molecule has 84 valence electrons. The van der Waals surface area contributed by atoms with Gasteiger partial charge in [0.2, 0.25) is 0 Å². The Bertz CT molecular complexity index is 167. The summed E-state index contributed by atoms with van der Waals surface area (Å²) < 4.78 is 5.59. The van der Waals surface area contributed by atoms with Gasteiger partial charge in [-0.05, 0) is 37.9 Å². The molecule has 0 unspecified atom stereocenters. The van der Waals surface area contributed by atoms with Gasteiger partial charge in [-0.3, -0.25) is 0 Å². The van der Waals surface area contributed by atoms with E-state index in [1.54, 1.807) is 0 Å². The summed E-state index contributed by atoms with van der Waals surface area (Å²) >= 11 is 4.81. The maximum Gasteiger partial charge on any atom is 0.254 e. The molecular weight excluding hydrogens is 194 g/mol. The normalized spacial score (nSPS) is 11.4. The fraction of sp³-hybridized carbons (Fsp3) is 0.909. The van der Waals surface area contributed by atoms with Crippen molar-refractivity contribution in [3.05, 3.63) is 0 Å². The van der Waals surface area contributed by atoms with E-state index < -0.39 is 0 Å². The number of thiocarbonyl (C=S) groups is 1. The summed E-state index contributed by atoms with van der Waals surface area (Å²) in [7, 11) is 0. The second-order valence-electron chi connectivity index (χ2n) is 3.77. The van der Waals surface area contributed by atoms with Crippen molar-refractivity contribution >= 4 is 17.4 Å². The van der Waals surface area contributed by atoms with E-state index in [1.165, 1.54) is 19.3 Å². The van der Waals surface area contributed by atoms with E-state index in [-0.39, 0.29) is 10.8 Å². The smallest absolute Gasteiger partial charge is 0.254 e. The van der Waals surface area contributed by atoms with Crippen molar-refractivity contribution in [3.8, 4) is 0 Å². The molecule has 0 rings (SSSR count). The van der Waals surface area contributed by atoms with Gasteiger partial charge in [0, 0.05) is 0 Å². The second kappa shape index (κ2) is 7.04. The Hall–Kier alpha value is -0.310. The maximum absolute atomic E-state index is 5.59. The van der Waals surface area contributed by atoms with E-state index in [2.05, 4.69) is 20.8 Å². The van der Waals surface area contributed by atoms with Crippen LogP contribution >= 0.6 is 12.2 Å². The molecule has 0 bridgehead atoms. The Morgan fingerprint density at radius 2 is 1.79 bits per heavy atom. The molecule has 0 aromatic heterocycles. The molecule has 3 heteroatoms. The second-order valence-corrected chi connectivity index (χ2v) is 4.17. The molecule has 14 heavy (non-hydrogen) atoms. The van der Waals surface area contributed by atoms with Crippen molar-refractivity contribution in [2.45, 2.75) is 64.9 Å². The third kappa shape index (κ3) is 4.80. The van der Waals surface area contributed by atoms with Crippen LogP contribution in [0.25, 0.3) is 0 Å². The summed E-state index contributed by atoms with van der Waals surface area (Å²) in [5.74, 6) is 0. The summed E-state index contributed by atoms with van der Waals surface area (Å²) in [5.41, 5.74) is 5.33. The zero-order valence-electron chi connectivity index (χ0n) is 9.64. The third-order valence-electron chi connectivity index (χ3n) is 2.84. The molecule has 0 radical (unpaired) electrons.